The fourth-order valence-electron chi connectivity index (χ4n) is 2.42. The first-order valence-electron chi connectivity index (χ1n) is 6.65. The molecule has 18 heavy (non-hydrogen) atoms. The minimum absolute atomic E-state index is 0.289. The smallest absolute Gasteiger partial charge is 0.186 e. The van der Waals surface area contributed by atoms with Gasteiger partial charge in [0.05, 0.1) is 5.69 Å². The van der Waals surface area contributed by atoms with Crippen LogP contribution in [0.15, 0.2) is 6.33 Å². The Bertz CT molecular complexity index is 391. The van der Waals surface area contributed by atoms with Gasteiger partial charge < -0.3 is 10.2 Å². The van der Waals surface area contributed by atoms with E-state index in [0.717, 1.165) is 26.2 Å². The van der Waals surface area contributed by atoms with E-state index in [9.17, 15) is 4.39 Å². The predicted molar refractivity (Wildman–Crippen MR) is 70.2 cm³/mol. The molecule has 0 saturated carbocycles. The van der Waals surface area contributed by atoms with Gasteiger partial charge >= 0.3 is 0 Å². The molecule has 0 aromatic carbocycles. The maximum Gasteiger partial charge on any atom is 0.186 e. The standard InChI is InChI=1S/C13H21FN4/c1-3-18(8-11-5-4-6-15-7-11)13-12(14)10(2)16-9-17-13/h9,11,15H,3-8H2,1-2H3. The molecule has 2 rings (SSSR count). The number of nitrogens with zero attached hydrogens (tertiary/aromatic N) is 3. The molecule has 5 heteroatoms. The van der Waals surface area contributed by atoms with Gasteiger partial charge in [-0.1, -0.05) is 0 Å². The third-order valence-corrected chi connectivity index (χ3v) is 3.50. The number of piperidine rings is 1. The Morgan fingerprint density at radius 3 is 3.00 bits per heavy atom. The Kier molecular flexibility index (Phi) is 4.47. The fourth-order valence-corrected chi connectivity index (χ4v) is 2.42. The van der Waals surface area contributed by atoms with Crippen molar-refractivity contribution in [1.82, 2.24) is 15.3 Å². The third-order valence-electron chi connectivity index (χ3n) is 3.50. The summed E-state index contributed by atoms with van der Waals surface area (Å²) in [6.07, 6.45) is 3.85. The maximum atomic E-state index is 14.0. The average molecular weight is 252 g/mol. The number of hydrogen-bond acceptors (Lipinski definition) is 4. The number of hydrogen-bond donors (Lipinski definition) is 1. The van der Waals surface area contributed by atoms with Crippen molar-refractivity contribution in [1.29, 1.82) is 0 Å². The van der Waals surface area contributed by atoms with Crippen molar-refractivity contribution in [2.45, 2.75) is 26.7 Å². The van der Waals surface area contributed by atoms with Gasteiger partial charge in [-0.15, -0.1) is 0 Å². The van der Waals surface area contributed by atoms with Gasteiger partial charge in [-0.3, -0.25) is 0 Å². The molecular weight excluding hydrogens is 231 g/mol. The van der Waals surface area contributed by atoms with E-state index in [1.165, 1.54) is 19.2 Å². The lowest BCUT2D eigenvalue weighted by Crippen LogP contribution is -2.39. The summed E-state index contributed by atoms with van der Waals surface area (Å²) < 4.78 is 14.0. The van der Waals surface area contributed by atoms with Crippen LogP contribution in [0.5, 0.6) is 0 Å². The average Bonchev–Trinajstić information content (AvgIpc) is 2.41. The second-order valence-corrected chi connectivity index (χ2v) is 4.85. The second-order valence-electron chi connectivity index (χ2n) is 4.85. The van der Waals surface area contributed by atoms with Crippen LogP contribution in [-0.2, 0) is 0 Å². The Labute approximate surface area is 108 Å². The molecule has 100 valence electrons. The van der Waals surface area contributed by atoms with Crippen LogP contribution in [0.4, 0.5) is 10.2 Å². The molecule has 0 bridgehead atoms. The SMILES string of the molecule is CCN(CC1CCCNC1)c1ncnc(C)c1F. The number of aromatic nitrogens is 2. The van der Waals surface area contributed by atoms with Crippen molar-refractivity contribution in [3.8, 4) is 0 Å². The molecule has 1 saturated heterocycles. The highest BCUT2D eigenvalue weighted by atomic mass is 19.1. The molecule has 1 aliphatic heterocycles. The zero-order valence-electron chi connectivity index (χ0n) is 11.1. The number of anilines is 1. The first kappa shape index (κ1) is 13.2. The number of nitrogens with one attached hydrogen (secondary N) is 1. The molecule has 1 N–H and O–H groups in total. The quantitative estimate of drug-likeness (QED) is 0.886. The van der Waals surface area contributed by atoms with Crippen molar-refractivity contribution in [2.24, 2.45) is 5.92 Å². The van der Waals surface area contributed by atoms with Crippen molar-refractivity contribution in [3.05, 3.63) is 17.8 Å². The normalized spacial score (nSPS) is 19.8. The summed E-state index contributed by atoms with van der Waals surface area (Å²) in [5.41, 5.74) is 0.417. The summed E-state index contributed by atoms with van der Waals surface area (Å²) in [7, 11) is 0. The second kappa shape index (κ2) is 6.09. The first-order valence-corrected chi connectivity index (χ1v) is 6.65. The highest BCUT2D eigenvalue weighted by Crippen LogP contribution is 2.20. The lowest BCUT2D eigenvalue weighted by Gasteiger charge is -2.30. The summed E-state index contributed by atoms with van der Waals surface area (Å²) in [6.45, 7) is 7.45. The zero-order valence-corrected chi connectivity index (χ0v) is 11.1. The highest BCUT2D eigenvalue weighted by Gasteiger charge is 2.20. The van der Waals surface area contributed by atoms with E-state index in [1.807, 2.05) is 11.8 Å². The molecule has 1 aromatic rings. The van der Waals surface area contributed by atoms with Crippen molar-refractivity contribution in [2.75, 3.05) is 31.1 Å². The van der Waals surface area contributed by atoms with Gasteiger partial charge in [-0.05, 0) is 45.7 Å². The molecular formula is C13H21FN4. The van der Waals surface area contributed by atoms with Crippen LogP contribution in [0.3, 0.4) is 0 Å². The molecule has 0 radical (unpaired) electrons. The van der Waals surface area contributed by atoms with Crippen LogP contribution >= 0.6 is 0 Å². The van der Waals surface area contributed by atoms with Gasteiger partial charge in [0.1, 0.15) is 6.33 Å². The van der Waals surface area contributed by atoms with E-state index in [4.69, 9.17) is 0 Å². The molecule has 1 aromatic heterocycles. The van der Waals surface area contributed by atoms with E-state index < -0.39 is 0 Å². The molecule has 2 heterocycles. The summed E-state index contributed by atoms with van der Waals surface area (Å²) in [4.78, 5) is 9.99. The first-order chi connectivity index (χ1) is 8.72. The molecule has 0 aliphatic carbocycles. The van der Waals surface area contributed by atoms with E-state index in [0.29, 0.717) is 17.4 Å². The van der Waals surface area contributed by atoms with Crippen LogP contribution in [0.2, 0.25) is 0 Å². The molecule has 1 atom stereocenters. The van der Waals surface area contributed by atoms with Crippen molar-refractivity contribution < 1.29 is 4.39 Å². The van der Waals surface area contributed by atoms with Crippen LogP contribution in [0.1, 0.15) is 25.5 Å². The van der Waals surface area contributed by atoms with Gasteiger partial charge in [-0.25, -0.2) is 14.4 Å². The van der Waals surface area contributed by atoms with E-state index in [2.05, 4.69) is 15.3 Å². The Balaban J connectivity index is 2.09. The van der Waals surface area contributed by atoms with Crippen LogP contribution < -0.4 is 10.2 Å². The predicted octanol–water partition coefficient (Wildman–Crippen LogP) is 1.75. The molecule has 4 nitrogen and oxygen atoms in total. The molecule has 0 amide bonds. The van der Waals surface area contributed by atoms with Gasteiger partial charge in [-0.2, -0.15) is 0 Å². The van der Waals surface area contributed by atoms with E-state index in [1.54, 1.807) is 6.92 Å². The molecule has 1 fully saturated rings. The van der Waals surface area contributed by atoms with Gasteiger partial charge in [0.15, 0.2) is 11.6 Å². The van der Waals surface area contributed by atoms with Crippen molar-refractivity contribution in [3.63, 3.8) is 0 Å². The molecule has 0 spiro atoms. The summed E-state index contributed by atoms with van der Waals surface area (Å²) in [6, 6.07) is 0. The lowest BCUT2D eigenvalue weighted by molar-refractivity contribution is 0.376. The monoisotopic (exact) mass is 252 g/mol. The largest absolute Gasteiger partial charge is 0.354 e. The van der Waals surface area contributed by atoms with Gasteiger partial charge in [0.2, 0.25) is 0 Å². The Morgan fingerprint density at radius 1 is 1.50 bits per heavy atom. The summed E-state index contributed by atoms with van der Waals surface area (Å²) >= 11 is 0. The zero-order chi connectivity index (χ0) is 13.0. The molecule has 1 unspecified atom stereocenters. The number of aryl methyl sites for hydroxylation is 1. The topological polar surface area (TPSA) is 41.0 Å². The Morgan fingerprint density at radius 2 is 2.33 bits per heavy atom. The number of rotatable bonds is 4. The minimum atomic E-state index is -0.289. The van der Waals surface area contributed by atoms with Crippen molar-refractivity contribution >= 4 is 5.82 Å². The Hall–Kier alpha value is -1.23. The summed E-state index contributed by atoms with van der Waals surface area (Å²) in [5, 5.41) is 3.39. The fraction of sp³-hybridized carbons (Fsp3) is 0.692. The third kappa shape index (κ3) is 2.96. The maximum absolute atomic E-state index is 14.0. The molecule has 1 aliphatic rings. The van der Waals surface area contributed by atoms with Crippen LogP contribution in [0, 0.1) is 18.7 Å². The van der Waals surface area contributed by atoms with Crippen LogP contribution in [-0.4, -0.2) is 36.1 Å². The van der Waals surface area contributed by atoms with E-state index in [-0.39, 0.29) is 5.82 Å². The van der Waals surface area contributed by atoms with Gasteiger partial charge in [0.25, 0.3) is 0 Å². The van der Waals surface area contributed by atoms with E-state index >= 15 is 0 Å². The highest BCUT2D eigenvalue weighted by molar-refractivity contribution is 5.40. The lowest BCUT2D eigenvalue weighted by atomic mass is 9.99. The summed E-state index contributed by atoms with van der Waals surface area (Å²) in [5.74, 6) is 0.729. The minimum Gasteiger partial charge on any atom is -0.354 e. The van der Waals surface area contributed by atoms with Crippen LogP contribution in [0.25, 0.3) is 0 Å². The number of halogens is 1. The van der Waals surface area contributed by atoms with Gasteiger partial charge in [0, 0.05) is 13.1 Å².